The second-order valence-electron chi connectivity index (χ2n) is 6.71. The highest BCUT2D eigenvalue weighted by atomic mass is 32.2. The van der Waals surface area contributed by atoms with Gasteiger partial charge in [0.15, 0.2) is 0 Å². The van der Waals surface area contributed by atoms with E-state index in [1.54, 1.807) is 12.4 Å². The molecule has 1 fully saturated rings. The van der Waals surface area contributed by atoms with E-state index >= 15 is 0 Å². The van der Waals surface area contributed by atoms with Crippen LogP contribution in [0.3, 0.4) is 0 Å². The molecule has 1 saturated heterocycles. The first kappa shape index (κ1) is 18.8. The van der Waals surface area contributed by atoms with E-state index < -0.39 is 10.0 Å². The van der Waals surface area contributed by atoms with Crippen LogP contribution in [0.5, 0.6) is 6.01 Å². The Labute approximate surface area is 155 Å². The van der Waals surface area contributed by atoms with Crippen LogP contribution < -0.4 is 4.74 Å². The molecule has 0 spiro atoms. The number of piperidine rings is 1. The third kappa shape index (κ3) is 4.80. The molecule has 0 N–H and O–H groups in total. The van der Waals surface area contributed by atoms with Crippen molar-refractivity contribution in [1.29, 1.82) is 0 Å². The zero-order chi connectivity index (χ0) is 18.6. The monoisotopic (exact) mass is 375 g/mol. The van der Waals surface area contributed by atoms with E-state index in [0.29, 0.717) is 19.1 Å². The summed E-state index contributed by atoms with van der Waals surface area (Å²) in [6.45, 7) is 4.90. The summed E-state index contributed by atoms with van der Waals surface area (Å²) in [5.41, 5.74) is 2.96. The number of sulfonamides is 1. The van der Waals surface area contributed by atoms with Crippen LogP contribution in [0, 0.1) is 6.92 Å². The molecular formula is C19H25N3O3S. The van der Waals surface area contributed by atoms with Gasteiger partial charge in [-0.2, -0.15) is 4.31 Å². The third-order valence-corrected chi connectivity index (χ3v) is 6.38. The Morgan fingerprint density at radius 3 is 2.50 bits per heavy atom. The van der Waals surface area contributed by atoms with Crippen molar-refractivity contribution in [3.05, 3.63) is 53.3 Å². The minimum Gasteiger partial charge on any atom is -0.459 e. The van der Waals surface area contributed by atoms with E-state index in [1.807, 2.05) is 38.1 Å². The molecule has 1 aliphatic rings. The maximum absolute atomic E-state index is 12.8. The van der Waals surface area contributed by atoms with E-state index in [2.05, 4.69) is 9.97 Å². The van der Waals surface area contributed by atoms with Gasteiger partial charge in [0.25, 0.3) is 0 Å². The van der Waals surface area contributed by atoms with Gasteiger partial charge in [-0.25, -0.2) is 18.4 Å². The van der Waals surface area contributed by atoms with Gasteiger partial charge in [0, 0.05) is 18.9 Å². The SMILES string of the molecule is CCc1cnc(OC2CCCN(S(=O)(=O)Cc3ccc(C)cc3)C2)nc1. The fraction of sp³-hybridized carbons (Fsp3) is 0.474. The Balaban J connectivity index is 1.63. The molecule has 6 nitrogen and oxygen atoms in total. The summed E-state index contributed by atoms with van der Waals surface area (Å²) in [4.78, 5) is 8.41. The summed E-state index contributed by atoms with van der Waals surface area (Å²) in [5.74, 6) is 0.0156. The van der Waals surface area contributed by atoms with Gasteiger partial charge in [-0.05, 0) is 37.3 Å². The van der Waals surface area contributed by atoms with Gasteiger partial charge in [0.05, 0.1) is 12.3 Å². The van der Waals surface area contributed by atoms with Crippen LogP contribution in [0.15, 0.2) is 36.7 Å². The standard InChI is InChI=1S/C19H25N3O3S/c1-3-16-11-20-19(21-12-16)25-18-5-4-10-22(13-18)26(23,24)14-17-8-6-15(2)7-9-17/h6-9,11-12,18H,3-5,10,13-14H2,1-2H3. The van der Waals surface area contributed by atoms with Gasteiger partial charge >= 0.3 is 6.01 Å². The molecule has 2 heterocycles. The van der Waals surface area contributed by atoms with E-state index in [-0.39, 0.29) is 11.9 Å². The molecular weight excluding hydrogens is 350 g/mol. The van der Waals surface area contributed by atoms with Crippen LogP contribution in [-0.2, 0) is 22.2 Å². The number of aromatic nitrogens is 2. The molecule has 0 bridgehead atoms. The molecule has 1 aromatic carbocycles. The van der Waals surface area contributed by atoms with Crippen molar-refractivity contribution >= 4 is 10.0 Å². The first-order valence-corrected chi connectivity index (χ1v) is 10.6. The number of ether oxygens (including phenoxy) is 1. The fourth-order valence-corrected chi connectivity index (χ4v) is 4.57. The second kappa shape index (κ2) is 8.14. The van der Waals surface area contributed by atoms with Crippen molar-refractivity contribution in [3.63, 3.8) is 0 Å². The summed E-state index contributed by atoms with van der Waals surface area (Å²) in [6, 6.07) is 7.92. The number of hydrogen-bond acceptors (Lipinski definition) is 5. The largest absolute Gasteiger partial charge is 0.459 e. The van der Waals surface area contributed by atoms with Crippen molar-refractivity contribution in [2.45, 2.75) is 45.0 Å². The maximum Gasteiger partial charge on any atom is 0.316 e. The lowest BCUT2D eigenvalue weighted by molar-refractivity contribution is 0.119. The topological polar surface area (TPSA) is 72.4 Å². The molecule has 0 aliphatic carbocycles. The van der Waals surface area contributed by atoms with Gasteiger partial charge in [0.1, 0.15) is 6.10 Å². The number of hydrogen-bond donors (Lipinski definition) is 0. The number of nitrogens with zero attached hydrogens (tertiary/aromatic N) is 3. The van der Waals surface area contributed by atoms with Gasteiger partial charge in [-0.15, -0.1) is 0 Å². The maximum atomic E-state index is 12.8. The fourth-order valence-electron chi connectivity index (χ4n) is 2.98. The zero-order valence-electron chi connectivity index (χ0n) is 15.3. The van der Waals surface area contributed by atoms with Crippen LogP contribution in [0.25, 0.3) is 0 Å². The van der Waals surface area contributed by atoms with Crippen molar-refractivity contribution in [2.75, 3.05) is 13.1 Å². The van der Waals surface area contributed by atoms with Crippen molar-refractivity contribution < 1.29 is 13.2 Å². The minimum atomic E-state index is -3.37. The van der Waals surface area contributed by atoms with Crippen LogP contribution in [-0.4, -0.2) is 41.9 Å². The molecule has 0 amide bonds. The van der Waals surface area contributed by atoms with Gasteiger partial charge < -0.3 is 4.74 Å². The highest BCUT2D eigenvalue weighted by Crippen LogP contribution is 2.20. The quantitative estimate of drug-likeness (QED) is 0.776. The third-order valence-electron chi connectivity index (χ3n) is 4.57. The molecule has 1 atom stereocenters. The lowest BCUT2D eigenvalue weighted by Gasteiger charge is -2.31. The Kier molecular flexibility index (Phi) is 5.88. The first-order valence-electron chi connectivity index (χ1n) is 8.97. The molecule has 140 valence electrons. The minimum absolute atomic E-state index is 0.0156. The Bertz CT molecular complexity index is 820. The second-order valence-corrected chi connectivity index (χ2v) is 8.68. The number of aryl methyl sites for hydroxylation is 2. The summed E-state index contributed by atoms with van der Waals surface area (Å²) in [7, 11) is -3.37. The summed E-state index contributed by atoms with van der Waals surface area (Å²) in [6.07, 6.45) is 5.72. The Morgan fingerprint density at radius 1 is 1.15 bits per heavy atom. The Hall–Kier alpha value is -1.99. The summed E-state index contributed by atoms with van der Waals surface area (Å²) in [5, 5.41) is 0. The Morgan fingerprint density at radius 2 is 1.85 bits per heavy atom. The van der Waals surface area contributed by atoms with Crippen LogP contribution in [0.2, 0.25) is 0 Å². The van der Waals surface area contributed by atoms with Crippen LogP contribution in [0.1, 0.15) is 36.5 Å². The predicted octanol–water partition coefficient (Wildman–Crippen LogP) is 2.72. The van der Waals surface area contributed by atoms with E-state index in [9.17, 15) is 8.42 Å². The molecule has 0 saturated carbocycles. The average molecular weight is 375 g/mol. The van der Waals surface area contributed by atoms with Crippen LogP contribution in [0.4, 0.5) is 0 Å². The lowest BCUT2D eigenvalue weighted by Crippen LogP contribution is -2.44. The molecule has 0 radical (unpaired) electrons. The number of rotatable bonds is 6. The normalized spacial score (nSPS) is 18.6. The number of benzene rings is 1. The lowest BCUT2D eigenvalue weighted by atomic mass is 10.1. The van der Waals surface area contributed by atoms with Crippen molar-refractivity contribution in [3.8, 4) is 6.01 Å². The summed E-state index contributed by atoms with van der Waals surface area (Å²) >= 11 is 0. The smallest absolute Gasteiger partial charge is 0.316 e. The molecule has 1 unspecified atom stereocenters. The van der Waals surface area contributed by atoms with Gasteiger partial charge in [-0.3, -0.25) is 0 Å². The predicted molar refractivity (Wildman–Crippen MR) is 100 cm³/mol. The van der Waals surface area contributed by atoms with Gasteiger partial charge in [0.2, 0.25) is 10.0 Å². The average Bonchev–Trinajstić information content (AvgIpc) is 2.64. The highest BCUT2D eigenvalue weighted by molar-refractivity contribution is 7.88. The van der Waals surface area contributed by atoms with E-state index in [4.69, 9.17) is 4.74 Å². The molecule has 26 heavy (non-hydrogen) atoms. The molecule has 1 aliphatic heterocycles. The highest BCUT2D eigenvalue weighted by Gasteiger charge is 2.30. The zero-order valence-corrected chi connectivity index (χ0v) is 16.1. The molecule has 7 heteroatoms. The van der Waals surface area contributed by atoms with Crippen molar-refractivity contribution in [1.82, 2.24) is 14.3 Å². The van der Waals surface area contributed by atoms with Gasteiger partial charge in [-0.1, -0.05) is 36.8 Å². The first-order chi connectivity index (χ1) is 12.5. The molecule has 3 rings (SSSR count). The molecule has 2 aromatic rings. The summed E-state index contributed by atoms with van der Waals surface area (Å²) < 4.78 is 32.9. The van der Waals surface area contributed by atoms with Crippen molar-refractivity contribution in [2.24, 2.45) is 0 Å². The van der Waals surface area contributed by atoms with E-state index in [0.717, 1.165) is 36.0 Å². The molecule has 1 aromatic heterocycles. The van der Waals surface area contributed by atoms with E-state index in [1.165, 1.54) is 4.31 Å². The van der Waals surface area contributed by atoms with Crippen LogP contribution >= 0.6 is 0 Å².